The molecule has 2 aromatic carbocycles. The number of fused-ring (bicyclic) bond motifs is 7. The molecule has 2 nitrogen and oxygen atoms in total. The molecule has 0 N–H and O–H groups in total. The second-order valence-electron chi connectivity index (χ2n) is 12.5. The molecule has 1 aliphatic carbocycles. The van der Waals surface area contributed by atoms with Crippen molar-refractivity contribution in [1.29, 1.82) is 0 Å². The number of hydrogen-bond donors (Lipinski definition) is 0. The molecule has 0 atom stereocenters. The molecule has 0 saturated heterocycles. The molecule has 180 valence electrons. The molecule has 0 amide bonds. The van der Waals surface area contributed by atoms with Gasteiger partial charge in [-0.2, -0.15) is 0 Å². The first-order chi connectivity index (χ1) is 17.2. The maximum absolute atomic E-state index is 8.78. The highest BCUT2D eigenvalue weighted by Crippen LogP contribution is 2.54. The molecule has 5 aromatic rings. The predicted molar refractivity (Wildman–Crippen MR) is 151 cm³/mol. The Morgan fingerprint density at radius 2 is 1.71 bits per heavy atom. The van der Waals surface area contributed by atoms with Crippen LogP contribution in [-0.4, -0.2) is 4.98 Å². The van der Waals surface area contributed by atoms with E-state index in [-0.39, 0.29) is 10.8 Å². The lowest BCUT2D eigenvalue weighted by Crippen LogP contribution is -2.32. The van der Waals surface area contributed by atoms with Gasteiger partial charge in [0.15, 0.2) is 0 Å². The minimum atomic E-state index is -1.49. The van der Waals surface area contributed by atoms with Crippen LogP contribution in [-0.2, 0) is 17.2 Å². The Kier molecular flexibility index (Phi) is 4.36. The normalized spacial score (nSPS) is 18.6. The van der Waals surface area contributed by atoms with Crippen molar-refractivity contribution in [3.05, 3.63) is 64.7 Å². The van der Waals surface area contributed by atoms with E-state index in [0.717, 1.165) is 39.6 Å². The highest BCUT2D eigenvalue weighted by Gasteiger charge is 2.41. The van der Waals surface area contributed by atoms with Crippen molar-refractivity contribution in [2.24, 2.45) is 5.41 Å². The summed E-state index contributed by atoms with van der Waals surface area (Å²) in [5, 5.41) is 3.47. The highest BCUT2D eigenvalue weighted by molar-refractivity contribution is 7.19. The molecule has 0 spiro atoms. The van der Waals surface area contributed by atoms with E-state index in [0.29, 0.717) is 5.56 Å². The predicted octanol–water partition coefficient (Wildman–Crippen LogP) is 9.80. The molecule has 0 aliphatic heterocycles. The fourth-order valence-corrected chi connectivity index (χ4v) is 7.23. The smallest absolute Gasteiger partial charge is 0.144 e. The Hall–Kier alpha value is -2.65. The number of rotatable bonds is 2. The van der Waals surface area contributed by atoms with Crippen LogP contribution in [0.2, 0.25) is 0 Å². The fourth-order valence-electron chi connectivity index (χ4n) is 5.72. The second-order valence-corrected chi connectivity index (χ2v) is 13.5. The molecular formula is C32H35NOS. The van der Waals surface area contributed by atoms with E-state index in [9.17, 15) is 0 Å². The average Bonchev–Trinajstić information content (AvgIpc) is 3.41. The topological polar surface area (TPSA) is 26.0 Å². The van der Waals surface area contributed by atoms with E-state index in [1.165, 1.54) is 26.9 Å². The molecule has 3 heterocycles. The Morgan fingerprint density at radius 3 is 2.49 bits per heavy atom. The first kappa shape index (κ1) is 20.5. The van der Waals surface area contributed by atoms with Crippen molar-refractivity contribution in [2.75, 3.05) is 0 Å². The van der Waals surface area contributed by atoms with Crippen LogP contribution in [0.4, 0.5) is 0 Å². The van der Waals surface area contributed by atoms with Gasteiger partial charge in [0.25, 0.3) is 0 Å². The maximum Gasteiger partial charge on any atom is 0.144 e. The summed E-state index contributed by atoms with van der Waals surface area (Å²) >= 11 is 1.93. The van der Waals surface area contributed by atoms with Crippen molar-refractivity contribution in [3.8, 4) is 11.3 Å². The molecule has 3 heteroatoms. The third kappa shape index (κ3) is 3.62. The van der Waals surface area contributed by atoms with Crippen LogP contribution < -0.4 is 0 Å². The average molecular weight is 484 g/mol. The van der Waals surface area contributed by atoms with Gasteiger partial charge in [-0.15, -0.1) is 11.3 Å². The monoisotopic (exact) mass is 483 g/mol. The number of pyridine rings is 1. The Morgan fingerprint density at radius 1 is 0.971 bits per heavy atom. The van der Waals surface area contributed by atoms with Gasteiger partial charge in [0.2, 0.25) is 0 Å². The molecule has 1 aliphatic rings. The van der Waals surface area contributed by atoms with Crippen LogP contribution in [0.1, 0.15) is 80.1 Å². The highest BCUT2D eigenvalue weighted by atomic mass is 32.1. The SMILES string of the molecule is [2H]C([2H])(c1ccnc(-c2cccc3c2oc2c3ccc3sc4c(c32)C(C)(C)CCC4(C)C)c1)C(C)(C)C. The zero-order chi connectivity index (χ0) is 26.5. The molecule has 0 unspecified atom stereocenters. The summed E-state index contributed by atoms with van der Waals surface area (Å²) in [5.74, 6) is 0. The van der Waals surface area contributed by atoms with E-state index in [4.69, 9.17) is 7.16 Å². The van der Waals surface area contributed by atoms with Crippen LogP contribution in [0, 0.1) is 5.41 Å². The molecule has 3 aromatic heterocycles. The Balaban J connectivity index is 1.63. The summed E-state index contributed by atoms with van der Waals surface area (Å²) in [6.45, 7) is 15.3. The molecule has 0 bridgehead atoms. The third-order valence-corrected chi connectivity index (χ3v) is 9.06. The van der Waals surface area contributed by atoms with E-state index in [1.807, 2.05) is 44.2 Å². The van der Waals surface area contributed by atoms with Gasteiger partial charge in [-0.25, -0.2) is 0 Å². The van der Waals surface area contributed by atoms with Gasteiger partial charge < -0.3 is 4.42 Å². The standard InChI is InChI=1S/C32H35NOS/c1-30(2,3)18-19-13-16-33-23(17-19)22-10-8-9-20-21-11-12-24-25(28(21)34-27(20)22)26-29(35-24)32(6,7)15-14-31(26,4)5/h8-13,16-17H,14-15,18H2,1-7H3/i18D2. The number of para-hydroxylation sites is 1. The molecule has 35 heavy (non-hydrogen) atoms. The number of thiophene rings is 1. The van der Waals surface area contributed by atoms with Gasteiger partial charge in [-0.3, -0.25) is 4.98 Å². The van der Waals surface area contributed by atoms with E-state index in [1.54, 1.807) is 12.3 Å². The fraction of sp³-hybridized carbons (Fsp3) is 0.406. The van der Waals surface area contributed by atoms with Crippen molar-refractivity contribution in [3.63, 3.8) is 0 Å². The minimum absolute atomic E-state index is 0.0909. The van der Waals surface area contributed by atoms with Crippen molar-refractivity contribution < 1.29 is 7.16 Å². The Labute approximate surface area is 215 Å². The minimum Gasteiger partial charge on any atom is -0.455 e. The van der Waals surface area contributed by atoms with Crippen LogP contribution in [0.15, 0.2) is 53.1 Å². The van der Waals surface area contributed by atoms with Crippen molar-refractivity contribution in [1.82, 2.24) is 4.98 Å². The van der Waals surface area contributed by atoms with Crippen LogP contribution in [0.5, 0.6) is 0 Å². The lowest BCUT2D eigenvalue weighted by Gasteiger charge is -2.39. The van der Waals surface area contributed by atoms with Gasteiger partial charge in [0.05, 0.1) is 5.69 Å². The molecule has 0 saturated carbocycles. The number of furan rings is 1. The van der Waals surface area contributed by atoms with E-state index < -0.39 is 11.8 Å². The molecular weight excluding hydrogens is 446 g/mol. The van der Waals surface area contributed by atoms with Gasteiger partial charge in [0.1, 0.15) is 11.2 Å². The van der Waals surface area contributed by atoms with Gasteiger partial charge in [0, 0.05) is 40.2 Å². The number of aromatic nitrogens is 1. The Bertz CT molecular complexity index is 1700. The summed E-state index contributed by atoms with van der Waals surface area (Å²) < 4.78 is 25.6. The zero-order valence-corrected chi connectivity index (χ0v) is 22.6. The lowest BCUT2D eigenvalue weighted by molar-refractivity contribution is 0.341. The first-order valence-electron chi connectivity index (χ1n) is 13.6. The van der Waals surface area contributed by atoms with Crippen LogP contribution >= 0.6 is 11.3 Å². The maximum atomic E-state index is 8.78. The van der Waals surface area contributed by atoms with Crippen LogP contribution in [0.25, 0.3) is 43.3 Å². The third-order valence-electron chi connectivity index (χ3n) is 7.54. The molecule has 0 fully saturated rings. The van der Waals surface area contributed by atoms with E-state index >= 15 is 0 Å². The summed E-state index contributed by atoms with van der Waals surface area (Å²) in [6, 6.07) is 14.4. The van der Waals surface area contributed by atoms with Gasteiger partial charge in [-0.05, 0) is 76.9 Å². The number of nitrogens with zero attached hydrogens (tertiary/aromatic N) is 1. The number of hydrogen-bond acceptors (Lipinski definition) is 3. The first-order valence-corrected chi connectivity index (χ1v) is 13.4. The summed E-state index contributed by atoms with van der Waals surface area (Å²) in [5.41, 5.74) is 5.22. The van der Waals surface area contributed by atoms with Crippen molar-refractivity contribution >= 4 is 43.4 Å². The quantitative estimate of drug-likeness (QED) is 0.250. The van der Waals surface area contributed by atoms with Gasteiger partial charge in [-0.1, -0.05) is 60.6 Å². The zero-order valence-electron chi connectivity index (χ0n) is 23.8. The van der Waals surface area contributed by atoms with Crippen LogP contribution in [0.3, 0.4) is 0 Å². The lowest BCUT2D eigenvalue weighted by atomic mass is 9.66. The molecule has 0 radical (unpaired) electrons. The summed E-state index contributed by atoms with van der Waals surface area (Å²) in [7, 11) is 0. The van der Waals surface area contributed by atoms with E-state index in [2.05, 4.69) is 56.9 Å². The van der Waals surface area contributed by atoms with Crippen molar-refractivity contribution in [2.45, 2.75) is 78.5 Å². The number of benzene rings is 2. The van der Waals surface area contributed by atoms with Gasteiger partial charge >= 0.3 is 0 Å². The molecule has 6 rings (SSSR count). The summed E-state index contributed by atoms with van der Waals surface area (Å²) in [6.07, 6.45) is 2.57. The summed E-state index contributed by atoms with van der Waals surface area (Å²) in [4.78, 5) is 6.16. The largest absolute Gasteiger partial charge is 0.455 e. The second kappa shape index (κ2) is 7.43.